The molecule has 4 heterocycles. The highest BCUT2D eigenvalue weighted by molar-refractivity contribution is 5.91. The van der Waals surface area contributed by atoms with Gasteiger partial charge in [0.2, 0.25) is 0 Å². The van der Waals surface area contributed by atoms with E-state index in [0.717, 1.165) is 46.4 Å². The van der Waals surface area contributed by atoms with Crippen LogP contribution in [0.1, 0.15) is 12.8 Å². The summed E-state index contributed by atoms with van der Waals surface area (Å²) in [5.74, 6) is 0.587. The third-order valence-corrected chi connectivity index (χ3v) is 5.91. The highest BCUT2D eigenvalue weighted by atomic mass is 19.1. The first-order valence-corrected chi connectivity index (χ1v) is 10.5. The van der Waals surface area contributed by atoms with Gasteiger partial charge in [-0.2, -0.15) is 5.10 Å². The number of hydrogen-bond acceptors (Lipinski definition) is 5. The van der Waals surface area contributed by atoms with Gasteiger partial charge in [0.05, 0.1) is 29.6 Å². The third kappa shape index (κ3) is 3.03. The van der Waals surface area contributed by atoms with E-state index in [1.165, 1.54) is 12.1 Å². The number of carbonyl (C=O) groups excluding carboxylic acids is 1. The van der Waals surface area contributed by atoms with Crippen LogP contribution in [0.25, 0.3) is 39.1 Å². The van der Waals surface area contributed by atoms with Crippen molar-refractivity contribution in [2.45, 2.75) is 12.8 Å². The van der Waals surface area contributed by atoms with Gasteiger partial charge in [-0.1, -0.05) is 6.07 Å². The Balaban J connectivity index is 1.61. The predicted molar refractivity (Wildman–Crippen MR) is 120 cm³/mol. The molecule has 0 bridgehead atoms. The van der Waals surface area contributed by atoms with Crippen LogP contribution < -0.4 is 4.90 Å². The van der Waals surface area contributed by atoms with Gasteiger partial charge in [0.1, 0.15) is 5.82 Å². The van der Waals surface area contributed by atoms with Gasteiger partial charge < -0.3 is 4.90 Å². The smallest absolute Gasteiger partial charge is 0.181 e. The first kappa shape index (κ1) is 18.7. The van der Waals surface area contributed by atoms with Crippen LogP contribution in [0.15, 0.2) is 61.1 Å². The number of rotatable bonds is 3. The van der Waals surface area contributed by atoms with Crippen molar-refractivity contribution in [1.29, 1.82) is 0 Å². The number of nitrogens with one attached hydrogen (secondary N) is 1. The average Bonchev–Trinajstić information content (AvgIpc) is 3.43. The second-order valence-electron chi connectivity index (χ2n) is 8.00. The minimum Gasteiger partial charge on any atom is -0.346 e. The number of ketones is 1. The van der Waals surface area contributed by atoms with Crippen molar-refractivity contribution in [3.05, 3.63) is 66.9 Å². The number of piperidine rings is 1. The molecule has 1 aliphatic heterocycles. The summed E-state index contributed by atoms with van der Waals surface area (Å²) in [4.78, 5) is 23.6. The minimum atomic E-state index is -0.298. The lowest BCUT2D eigenvalue weighted by Crippen LogP contribution is -2.36. The summed E-state index contributed by atoms with van der Waals surface area (Å²) in [5.41, 5.74) is 4.98. The molecule has 1 N–H and O–H groups in total. The zero-order valence-corrected chi connectivity index (χ0v) is 17.1. The van der Waals surface area contributed by atoms with E-state index in [4.69, 9.17) is 4.98 Å². The summed E-state index contributed by atoms with van der Waals surface area (Å²) in [7, 11) is 0. The molecule has 158 valence electrons. The molecule has 1 fully saturated rings. The molecule has 2 aromatic carbocycles. The van der Waals surface area contributed by atoms with Gasteiger partial charge >= 0.3 is 0 Å². The number of nitrogens with zero attached hydrogens (tertiary/aromatic N) is 5. The number of benzene rings is 2. The summed E-state index contributed by atoms with van der Waals surface area (Å²) in [5, 5.41) is 8.08. The molecule has 0 radical (unpaired) electrons. The van der Waals surface area contributed by atoms with E-state index in [2.05, 4.69) is 21.2 Å². The number of hydrogen-bond donors (Lipinski definition) is 1. The van der Waals surface area contributed by atoms with Crippen LogP contribution in [-0.4, -0.2) is 43.4 Å². The molecule has 1 aliphatic rings. The monoisotopic (exact) mass is 426 g/mol. The number of aromatic nitrogens is 5. The van der Waals surface area contributed by atoms with Crippen molar-refractivity contribution in [2.75, 3.05) is 18.0 Å². The van der Waals surface area contributed by atoms with Gasteiger partial charge in [-0.25, -0.2) is 14.4 Å². The van der Waals surface area contributed by atoms with E-state index in [1.54, 1.807) is 24.5 Å². The van der Waals surface area contributed by atoms with Gasteiger partial charge in [-0.15, -0.1) is 0 Å². The van der Waals surface area contributed by atoms with Crippen LogP contribution in [-0.2, 0) is 4.79 Å². The maximum atomic E-state index is 13.6. The summed E-state index contributed by atoms with van der Waals surface area (Å²) in [6.45, 7) is 1.09. The first-order valence-electron chi connectivity index (χ1n) is 10.5. The van der Waals surface area contributed by atoms with Gasteiger partial charge in [-0.3, -0.25) is 14.3 Å². The minimum absolute atomic E-state index is 0.205. The number of imidazole rings is 1. The molecule has 0 atom stereocenters. The van der Waals surface area contributed by atoms with Crippen LogP contribution in [0, 0.1) is 5.82 Å². The molecule has 0 spiro atoms. The molecule has 0 unspecified atom stereocenters. The zero-order valence-electron chi connectivity index (χ0n) is 17.1. The lowest BCUT2D eigenvalue weighted by atomic mass is 10.0. The molecule has 6 rings (SSSR count). The average molecular weight is 426 g/mol. The fraction of sp³-hybridized carbons (Fsp3) is 0.167. The number of fused-ring (bicyclic) bond motifs is 2. The van der Waals surface area contributed by atoms with E-state index in [1.807, 2.05) is 27.6 Å². The predicted octanol–water partition coefficient (Wildman–Crippen LogP) is 4.25. The van der Waals surface area contributed by atoms with E-state index >= 15 is 0 Å². The normalized spacial score (nSPS) is 14.5. The number of carbonyl (C=O) groups is 1. The SMILES string of the molecule is O=C1CCCN(c2nccn3c(-c4ccc5[nH]ncc5c4)c(-c4ccc(F)cc4)nc23)C1. The Morgan fingerprint density at radius 2 is 1.91 bits per heavy atom. The van der Waals surface area contributed by atoms with Crippen molar-refractivity contribution < 1.29 is 9.18 Å². The molecule has 1 saturated heterocycles. The number of anilines is 1. The first-order chi connectivity index (χ1) is 15.7. The van der Waals surface area contributed by atoms with Crippen LogP contribution >= 0.6 is 0 Å². The maximum absolute atomic E-state index is 13.6. The topological polar surface area (TPSA) is 79.2 Å². The largest absolute Gasteiger partial charge is 0.346 e. The highest BCUT2D eigenvalue weighted by Gasteiger charge is 2.24. The maximum Gasteiger partial charge on any atom is 0.181 e. The van der Waals surface area contributed by atoms with Crippen molar-refractivity contribution in [1.82, 2.24) is 24.6 Å². The molecule has 32 heavy (non-hydrogen) atoms. The van der Waals surface area contributed by atoms with Gasteiger partial charge in [0.25, 0.3) is 0 Å². The lowest BCUT2D eigenvalue weighted by molar-refractivity contribution is -0.118. The van der Waals surface area contributed by atoms with E-state index in [9.17, 15) is 9.18 Å². The van der Waals surface area contributed by atoms with Crippen LogP contribution in [0.5, 0.6) is 0 Å². The highest BCUT2D eigenvalue weighted by Crippen LogP contribution is 2.36. The number of halogens is 1. The second-order valence-corrected chi connectivity index (χ2v) is 8.00. The number of aromatic amines is 1. The Hall–Kier alpha value is -4.07. The van der Waals surface area contributed by atoms with E-state index < -0.39 is 0 Å². The molecular weight excluding hydrogens is 407 g/mol. The Labute approximate surface area is 182 Å². The van der Waals surface area contributed by atoms with Crippen molar-refractivity contribution in [3.63, 3.8) is 0 Å². The quantitative estimate of drug-likeness (QED) is 0.467. The molecule has 0 amide bonds. The third-order valence-electron chi connectivity index (χ3n) is 5.91. The number of Topliss-reactive ketones (excluding diaryl/α,β-unsaturated/α-hetero) is 1. The second kappa shape index (κ2) is 7.26. The summed E-state index contributed by atoms with van der Waals surface area (Å²) >= 11 is 0. The molecule has 8 heteroatoms. The number of H-pyrrole nitrogens is 1. The summed E-state index contributed by atoms with van der Waals surface area (Å²) < 4.78 is 15.6. The van der Waals surface area contributed by atoms with E-state index in [0.29, 0.717) is 24.4 Å². The van der Waals surface area contributed by atoms with Gasteiger partial charge in [-0.05, 0) is 42.8 Å². The molecule has 5 aromatic rings. The summed E-state index contributed by atoms with van der Waals surface area (Å²) in [6.07, 6.45) is 6.80. The molecule has 0 aliphatic carbocycles. The fourth-order valence-corrected chi connectivity index (χ4v) is 4.38. The fourth-order valence-electron chi connectivity index (χ4n) is 4.38. The standard InChI is InChI=1S/C24H19FN6O/c25-18-6-3-15(4-7-18)21-22(16-5-8-20-17(12-16)13-27-29-20)31-11-9-26-23(24(31)28-21)30-10-1-2-19(32)14-30/h3-9,11-13H,1-2,10,14H2,(H,27,29). The Morgan fingerprint density at radius 3 is 2.75 bits per heavy atom. The van der Waals surface area contributed by atoms with Gasteiger partial charge in [0, 0.05) is 41.9 Å². The van der Waals surface area contributed by atoms with E-state index in [-0.39, 0.29) is 11.6 Å². The Bertz CT molecular complexity index is 1470. The van der Waals surface area contributed by atoms with Crippen molar-refractivity contribution in [2.24, 2.45) is 0 Å². The van der Waals surface area contributed by atoms with Gasteiger partial charge in [0.15, 0.2) is 17.2 Å². The zero-order chi connectivity index (χ0) is 21.7. The Morgan fingerprint density at radius 1 is 1.06 bits per heavy atom. The van der Waals surface area contributed by atoms with Crippen LogP contribution in [0.3, 0.4) is 0 Å². The lowest BCUT2D eigenvalue weighted by Gasteiger charge is -2.26. The summed E-state index contributed by atoms with van der Waals surface area (Å²) in [6, 6.07) is 12.4. The van der Waals surface area contributed by atoms with Crippen LogP contribution in [0.2, 0.25) is 0 Å². The molecule has 7 nitrogen and oxygen atoms in total. The molecule has 3 aromatic heterocycles. The Kier molecular flexibility index (Phi) is 4.24. The molecule has 0 saturated carbocycles. The van der Waals surface area contributed by atoms with Crippen molar-refractivity contribution in [3.8, 4) is 22.5 Å². The van der Waals surface area contributed by atoms with Crippen LogP contribution in [0.4, 0.5) is 10.2 Å². The molecular formula is C24H19FN6O. The van der Waals surface area contributed by atoms with Crippen molar-refractivity contribution >= 4 is 28.2 Å².